The Bertz CT molecular complexity index is 969. The van der Waals surface area contributed by atoms with Gasteiger partial charge in [-0.05, 0) is 37.3 Å². The quantitative estimate of drug-likeness (QED) is 0.640. The highest BCUT2D eigenvalue weighted by molar-refractivity contribution is 6.30. The van der Waals surface area contributed by atoms with E-state index in [0.717, 1.165) is 11.6 Å². The van der Waals surface area contributed by atoms with E-state index in [-0.39, 0.29) is 12.5 Å². The van der Waals surface area contributed by atoms with Gasteiger partial charge in [0.15, 0.2) is 12.4 Å². The number of nitrogens with zero attached hydrogens (tertiary/aromatic N) is 6. The Morgan fingerprint density at radius 2 is 1.83 bits per heavy atom. The summed E-state index contributed by atoms with van der Waals surface area (Å²) in [6, 6.07) is 10.8. The fourth-order valence-electron chi connectivity index (χ4n) is 3.17. The Hall–Kier alpha value is -3.13. The van der Waals surface area contributed by atoms with Crippen LogP contribution in [0.4, 0.5) is 5.82 Å². The van der Waals surface area contributed by atoms with Crippen molar-refractivity contribution >= 4 is 23.3 Å². The van der Waals surface area contributed by atoms with Gasteiger partial charge < -0.3 is 14.5 Å². The SMILES string of the molecule is Cc1nc(N2CCN(C(=O)COc3ccc(Cl)cc3)CC2)cc(-n2cccn2)n1. The summed E-state index contributed by atoms with van der Waals surface area (Å²) in [5, 5.41) is 4.87. The minimum Gasteiger partial charge on any atom is -0.484 e. The van der Waals surface area contributed by atoms with Crippen molar-refractivity contribution in [1.82, 2.24) is 24.6 Å². The molecular formula is C20H21ClN6O2. The lowest BCUT2D eigenvalue weighted by Crippen LogP contribution is -2.50. The van der Waals surface area contributed by atoms with Crippen molar-refractivity contribution in [1.29, 1.82) is 0 Å². The summed E-state index contributed by atoms with van der Waals surface area (Å²) in [5.74, 6) is 2.85. The molecule has 1 aliphatic heterocycles. The predicted octanol–water partition coefficient (Wildman–Crippen LogP) is 2.35. The molecule has 2 aromatic heterocycles. The normalized spacial score (nSPS) is 14.1. The van der Waals surface area contributed by atoms with Gasteiger partial charge in [0.25, 0.3) is 5.91 Å². The summed E-state index contributed by atoms with van der Waals surface area (Å²) in [7, 11) is 0. The van der Waals surface area contributed by atoms with Gasteiger partial charge in [0.2, 0.25) is 0 Å². The molecule has 29 heavy (non-hydrogen) atoms. The van der Waals surface area contributed by atoms with E-state index in [1.165, 1.54) is 0 Å². The molecule has 0 atom stereocenters. The van der Waals surface area contributed by atoms with Crippen LogP contribution in [-0.2, 0) is 4.79 Å². The lowest BCUT2D eigenvalue weighted by molar-refractivity contribution is -0.133. The van der Waals surface area contributed by atoms with Crippen LogP contribution in [0.5, 0.6) is 5.75 Å². The van der Waals surface area contributed by atoms with Gasteiger partial charge in [-0.2, -0.15) is 5.10 Å². The zero-order chi connectivity index (χ0) is 20.2. The molecule has 1 fully saturated rings. The maximum Gasteiger partial charge on any atom is 0.260 e. The fourth-order valence-corrected chi connectivity index (χ4v) is 3.30. The zero-order valence-electron chi connectivity index (χ0n) is 16.0. The molecule has 9 heteroatoms. The number of carbonyl (C=O) groups excluding carboxylic acids is 1. The lowest BCUT2D eigenvalue weighted by atomic mass is 10.3. The number of rotatable bonds is 5. The summed E-state index contributed by atoms with van der Waals surface area (Å²) in [6.07, 6.45) is 3.57. The van der Waals surface area contributed by atoms with E-state index in [4.69, 9.17) is 16.3 Å². The number of benzene rings is 1. The number of amides is 1. The summed E-state index contributed by atoms with van der Waals surface area (Å²) in [6.45, 7) is 4.50. The molecule has 1 amide bonds. The molecular weight excluding hydrogens is 392 g/mol. The average molecular weight is 413 g/mol. The molecule has 0 radical (unpaired) electrons. The number of hydrogen-bond acceptors (Lipinski definition) is 6. The number of piperazine rings is 1. The first-order valence-corrected chi connectivity index (χ1v) is 9.73. The standard InChI is InChI=1S/C20H21ClN6O2/c1-15-23-18(13-19(24-15)27-8-2-7-22-27)25-9-11-26(12-10-25)20(28)14-29-17-5-3-16(21)4-6-17/h2-8,13H,9-12,14H2,1H3. The van der Waals surface area contributed by atoms with Crippen molar-refractivity contribution in [2.45, 2.75) is 6.92 Å². The Balaban J connectivity index is 1.34. The topological polar surface area (TPSA) is 76.4 Å². The highest BCUT2D eigenvalue weighted by atomic mass is 35.5. The molecule has 4 rings (SSSR count). The third-order valence-corrected chi connectivity index (χ3v) is 4.93. The predicted molar refractivity (Wildman–Crippen MR) is 110 cm³/mol. The number of aryl methyl sites for hydroxylation is 1. The van der Waals surface area contributed by atoms with E-state index >= 15 is 0 Å². The summed E-state index contributed by atoms with van der Waals surface area (Å²) in [5.41, 5.74) is 0. The van der Waals surface area contributed by atoms with Crippen LogP contribution in [0, 0.1) is 6.92 Å². The van der Waals surface area contributed by atoms with Gasteiger partial charge in [-0.25, -0.2) is 14.6 Å². The van der Waals surface area contributed by atoms with Crippen LogP contribution >= 0.6 is 11.6 Å². The van der Waals surface area contributed by atoms with Gasteiger partial charge >= 0.3 is 0 Å². The lowest BCUT2D eigenvalue weighted by Gasteiger charge is -2.35. The minimum absolute atomic E-state index is 0.0116. The largest absolute Gasteiger partial charge is 0.484 e. The van der Waals surface area contributed by atoms with Gasteiger partial charge in [-0.15, -0.1) is 0 Å². The van der Waals surface area contributed by atoms with Gasteiger partial charge in [0, 0.05) is 49.7 Å². The van der Waals surface area contributed by atoms with E-state index in [2.05, 4.69) is 20.0 Å². The molecule has 1 aromatic carbocycles. The number of carbonyl (C=O) groups is 1. The van der Waals surface area contributed by atoms with Crippen molar-refractivity contribution in [2.75, 3.05) is 37.7 Å². The van der Waals surface area contributed by atoms with Crippen LogP contribution in [0.2, 0.25) is 5.02 Å². The second-order valence-electron chi connectivity index (χ2n) is 6.69. The van der Waals surface area contributed by atoms with Crippen LogP contribution in [0.15, 0.2) is 48.8 Å². The van der Waals surface area contributed by atoms with Gasteiger partial charge in [0.05, 0.1) is 0 Å². The van der Waals surface area contributed by atoms with Gasteiger partial charge in [-0.1, -0.05) is 11.6 Å². The summed E-state index contributed by atoms with van der Waals surface area (Å²) >= 11 is 5.86. The Morgan fingerprint density at radius 1 is 1.10 bits per heavy atom. The van der Waals surface area contributed by atoms with E-state index in [0.29, 0.717) is 42.8 Å². The number of halogens is 1. The van der Waals surface area contributed by atoms with E-state index in [1.807, 2.05) is 30.2 Å². The second kappa shape index (κ2) is 8.48. The molecule has 0 unspecified atom stereocenters. The number of aromatic nitrogens is 4. The van der Waals surface area contributed by atoms with Crippen LogP contribution < -0.4 is 9.64 Å². The smallest absolute Gasteiger partial charge is 0.260 e. The van der Waals surface area contributed by atoms with E-state index in [9.17, 15) is 4.79 Å². The second-order valence-corrected chi connectivity index (χ2v) is 7.13. The third kappa shape index (κ3) is 4.65. The number of ether oxygens (including phenoxy) is 1. The van der Waals surface area contributed by atoms with Crippen molar-refractivity contribution in [2.24, 2.45) is 0 Å². The molecule has 150 valence electrons. The van der Waals surface area contributed by atoms with E-state index in [1.54, 1.807) is 35.1 Å². The van der Waals surface area contributed by atoms with Crippen molar-refractivity contribution in [3.8, 4) is 11.6 Å². The van der Waals surface area contributed by atoms with Crippen molar-refractivity contribution in [3.05, 3.63) is 59.6 Å². The molecule has 3 heterocycles. The highest BCUT2D eigenvalue weighted by Crippen LogP contribution is 2.18. The Kier molecular flexibility index (Phi) is 5.62. The first-order chi connectivity index (χ1) is 14.1. The third-order valence-electron chi connectivity index (χ3n) is 4.68. The number of anilines is 1. The maximum atomic E-state index is 12.5. The van der Waals surface area contributed by atoms with Crippen molar-refractivity contribution in [3.63, 3.8) is 0 Å². The first kappa shape index (κ1) is 19.2. The molecule has 0 bridgehead atoms. The Labute approximate surface area is 173 Å². The van der Waals surface area contributed by atoms with Crippen molar-refractivity contribution < 1.29 is 9.53 Å². The van der Waals surface area contributed by atoms with Crippen LogP contribution in [0.3, 0.4) is 0 Å². The number of hydrogen-bond donors (Lipinski definition) is 0. The van der Waals surface area contributed by atoms with Gasteiger partial charge in [-0.3, -0.25) is 4.79 Å². The molecule has 8 nitrogen and oxygen atoms in total. The zero-order valence-corrected chi connectivity index (χ0v) is 16.8. The summed E-state index contributed by atoms with van der Waals surface area (Å²) in [4.78, 5) is 25.4. The molecule has 0 aliphatic carbocycles. The first-order valence-electron chi connectivity index (χ1n) is 9.35. The molecule has 0 saturated carbocycles. The van der Waals surface area contributed by atoms with E-state index < -0.39 is 0 Å². The summed E-state index contributed by atoms with van der Waals surface area (Å²) < 4.78 is 7.28. The molecule has 3 aromatic rings. The monoisotopic (exact) mass is 412 g/mol. The molecule has 0 N–H and O–H groups in total. The Morgan fingerprint density at radius 3 is 2.52 bits per heavy atom. The fraction of sp³-hybridized carbons (Fsp3) is 0.300. The molecule has 0 spiro atoms. The minimum atomic E-state index is -0.0318. The van der Waals surface area contributed by atoms with Gasteiger partial charge in [0.1, 0.15) is 17.4 Å². The average Bonchev–Trinajstić information content (AvgIpc) is 3.28. The van der Waals surface area contributed by atoms with Crippen LogP contribution in [0.1, 0.15) is 5.82 Å². The van der Waals surface area contributed by atoms with Crippen LogP contribution in [0.25, 0.3) is 5.82 Å². The molecule has 1 saturated heterocycles. The van der Waals surface area contributed by atoms with Crippen LogP contribution in [-0.4, -0.2) is 63.3 Å². The maximum absolute atomic E-state index is 12.5. The highest BCUT2D eigenvalue weighted by Gasteiger charge is 2.23. The molecule has 1 aliphatic rings.